The van der Waals surface area contributed by atoms with E-state index in [4.69, 9.17) is 4.74 Å². The van der Waals surface area contributed by atoms with Crippen LogP contribution in [0.4, 0.5) is 4.39 Å². The van der Waals surface area contributed by atoms with Crippen molar-refractivity contribution >= 4 is 0 Å². The van der Waals surface area contributed by atoms with Gasteiger partial charge in [-0.25, -0.2) is 14.1 Å². The van der Waals surface area contributed by atoms with Gasteiger partial charge in [0.25, 0.3) is 0 Å². The quantitative estimate of drug-likeness (QED) is 0.816. The van der Waals surface area contributed by atoms with Gasteiger partial charge in [0.2, 0.25) is 0 Å². The van der Waals surface area contributed by atoms with Gasteiger partial charge in [0.05, 0.1) is 0 Å². The highest BCUT2D eigenvalue weighted by Crippen LogP contribution is 2.19. The van der Waals surface area contributed by atoms with Crippen LogP contribution in [0.2, 0.25) is 0 Å². The topological polar surface area (TPSA) is 43.2 Å². The molecule has 1 atom stereocenters. The highest BCUT2D eigenvalue weighted by atomic mass is 19.1. The van der Waals surface area contributed by atoms with Gasteiger partial charge in [-0.2, -0.15) is 5.10 Å². The summed E-state index contributed by atoms with van der Waals surface area (Å²) in [6.45, 7) is 8.28. The summed E-state index contributed by atoms with van der Waals surface area (Å²) in [6, 6.07) is 6.56. The van der Waals surface area contributed by atoms with Crippen LogP contribution < -0.4 is 4.74 Å². The van der Waals surface area contributed by atoms with Gasteiger partial charge in [0.15, 0.2) is 11.6 Å². The zero-order valence-corrected chi connectivity index (χ0v) is 14.4. The molecular formula is C18H25FN4O. The third-order valence-corrected chi connectivity index (χ3v) is 4.50. The van der Waals surface area contributed by atoms with Crippen LogP contribution in [0.5, 0.6) is 5.75 Å². The van der Waals surface area contributed by atoms with E-state index in [0.29, 0.717) is 18.3 Å². The second-order valence-corrected chi connectivity index (χ2v) is 6.48. The number of aromatic nitrogens is 3. The standard InChI is InChI=1S/C18H25FN4O/c1-14-20-15(2)23(21-14)13-16-6-5-9-22(12-16)10-11-24-18-8-4-3-7-17(18)19/h3-4,7-8,16H,5-6,9-13H2,1-2H3/t16-/m1/s1. The first-order valence-corrected chi connectivity index (χ1v) is 8.59. The summed E-state index contributed by atoms with van der Waals surface area (Å²) in [4.78, 5) is 6.77. The molecule has 0 N–H and O–H groups in total. The number of aryl methyl sites for hydroxylation is 2. The Morgan fingerprint density at radius 3 is 2.88 bits per heavy atom. The monoisotopic (exact) mass is 332 g/mol. The Balaban J connectivity index is 1.47. The van der Waals surface area contributed by atoms with Crippen molar-refractivity contribution in [3.63, 3.8) is 0 Å². The number of likely N-dealkylation sites (tertiary alicyclic amines) is 1. The van der Waals surface area contributed by atoms with Crippen LogP contribution in [0.3, 0.4) is 0 Å². The number of benzene rings is 1. The smallest absolute Gasteiger partial charge is 0.165 e. The summed E-state index contributed by atoms with van der Waals surface area (Å²) in [7, 11) is 0. The first-order chi connectivity index (χ1) is 11.6. The number of nitrogens with zero attached hydrogens (tertiary/aromatic N) is 4. The fourth-order valence-corrected chi connectivity index (χ4v) is 3.33. The number of ether oxygens (including phenoxy) is 1. The average Bonchev–Trinajstić information content (AvgIpc) is 2.87. The zero-order chi connectivity index (χ0) is 16.9. The van der Waals surface area contributed by atoms with Gasteiger partial charge in [-0.15, -0.1) is 0 Å². The summed E-state index contributed by atoms with van der Waals surface area (Å²) >= 11 is 0. The Kier molecular flexibility index (Phi) is 5.45. The van der Waals surface area contributed by atoms with Crippen LogP contribution in [0.15, 0.2) is 24.3 Å². The van der Waals surface area contributed by atoms with E-state index >= 15 is 0 Å². The van der Waals surface area contributed by atoms with E-state index in [1.165, 1.54) is 18.9 Å². The molecule has 24 heavy (non-hydrogen) atoms. The van der Waals surface area contributed by atoms with Gasteiger partial charge in [-0.1, -0.05) is 12.1 Å². The van der Waals surface area contributed by atoms with Gasteiger partial charge in [0, 0.05) is 19.6 Å². The summed E-state index contributed by atoms with van der Waals surface area (Å²) < 4.78 is 21.1. The number of piperidine rings is 1. The minimum absolute atomic E-state index is 0.300. The molecule has 0 amide bonds. The molecule has 130 valence electrons. The third-order valence-electron chi connectivity index (χ3n) is 4.50. The van der Waals surface area contributed by atoms with Crippen LogP contribution in [0.25, 0.3) is 0 Å². The SMILES string of the molecule is Cc1nc(C)n(C[C@@H]2CCCN(CCOc3ccccc3F)C2)n1. The maximum Gasteiger partial charge on any atom is 0.165 e. The van der Waals surface area contributed by atoms with Gasteiger partial charge in [-0.05, 0) is 51.3 Å². The maximum absolute atomic E-state index is 13.5. The molecule has 2 heterocycles. The molecule has 5 nitrogen and oxygen atoms in total. The minimum atomic E-state index is -0.300. The average molecular weight is 332 g/mol. The van der Waals surface area contributed by atoms with Crippen molar-refractivity contribution in [2.24, 2.45) is 5.92 Å². The lowest BCUT2D eigenvalue weighted by Crippen LogP contribution is -2.39. The van der Waals surface area contributed by atoms with Crippen molar-refractivity contribution in [3.05, 3.63) is 41.7 Å². The molecule has 6 heteroatoms. The molecule has 1 aliphatic rings. The predicted molar refractivity (Wildman–Crippen MR) is 90.6 cm³/mol. The van der Waals surface area contributed by atoms with Crippen LogP contribution in [-0.2, 0) is 6.54 Å². The minimum Gasteiger partial charge on any atom is -0.489 e. The summed E-state index contributed by atoms with van der Waals surface area (Å²) in [5.74, 6) is 2.42. The predicted octanol–water partition coefficient (Wildman–Crippen LogP) is 2.83. The van der Waals surface area contributed by atoms with Gasteiger partial charge >= 0.3 is 0 Å². The number of rotatable bonds is 6. The second-order valence-electron chi connectivity index (χ2n) is 6.48. The first kappa shape index (κ1) is 16.9. The molecule has 1 aromatic heterocycles. The van der Waals surface area contributed by atoms with Crippen LogP contribution >= 0.6 is 0 Å². The normalized spacial score (nSPS) is 18.7. The largest absolute Gasteiger partial charge is 0.489 e. The molecule has 0 aliphatic carbocycles. The van der Waals surface area contributed by atoms with E-state index in [1.54, 1.807) is 18.2 Å². The Bertz CT molecular complexity index is 673. The number of hydrogen-bond acceptors (Lipinski definition) is 4. The molecule has 1 aliphatic heterocycles. The first-order valence-electron chi connectivity index (χ1n) is 8.59. The Morgan fingerprint density at radius 2 is 2.12 bits per heavy atom. The molecule has 0 radical (unpaired) electrons. The van der Waals surface area contributed by atoms with E-state index in [9.17, 15) is 4.39 Å². The molecule has 0 unspecified atom stereocenters. The lowest BCUT2D eigenvalue weighted by atomic mass is 9.98. The maximum atomic E-state index is 13.5. The van der Waals surface area contributed by atoms with E-state index < -0.39 is 0 Å². The lowest BCUT2D eigenvalue weighted by Gasteiger charge is -2.32. The van der Waals surface area contributed by atoms with Crippen molar-refractivity contribution in [1.29, 1.82) is 0 Å². The molecule has 1 fully saturated rings. The van der Waals surface area contributed by atoms with Crippen molar-refractivity contribution in [2.45, 2.75) is 33.2 Å². The van der Waals surface area contributed by atoms with Crippen molar-refractivity contribution < 1.29 is 9.13 Å². The highest BCUT2D eigenvalue weighted by Gasteiger charge is 2.21. The van der Waals surface area contributed by atoms with Crippen molar-refractivity contribution in [2.75, 3.05) is 26.2 Å². The number of hydrogen-bond donors (Lipinski definition) is 0. The van der Waals surface area contributed by atoms with Gasteiger partial charge < -0.3 is 4.74 Å². The van der Waals surface area contributed by atoms with Crippen LogP contribution in [0.1, 0.15) is 24.5 Å². The van der Waals surface area contributed by atoms with Crippen LogP contribution in [0, 0.1) is 25.6 Å². The number of para-hydroxylation sites is 1. The van der Waals surface area contributed by atoms with E-state index in [-0.39, 0.29) is 5.82 Å². The molecule has 2 aromatic rings. The van der Waals surface area contributed by atoms with Crippen molar-refractivity contribution in [1.82, 2.24) is 19.7 Å². The van der Waals surface area contributed by atoms with Crippen molar-refractivity contribution in [3.8, 4) is 5.75 Å². The summed E-state index contributed by atoms with van der Waals surface area (Å²) in [5.41, 5.74) is 0. The highest BCUT2D eigenvalue weighted by molar-refractivity contribution is 5.23. The Morgan fingerprint density at radius 1 is 1.29 bits per heavy atom. The lowest BCUT2D eigenvalue weighted by molar-refractivity contribution is 0.135. The molecule has 3 rings (SSSR count). The van der Waals surface area contributed by atoms with E-state index in [2.05, 4.69) is 15.0 Å². The van der Waals surface area contributed by atoms with E-state index in [0.717, 1.165) is 37.8 Å². The molecule has 0 saturated carbocycles. The Labute approximate surface area is 142 Å². The summed E-state index contributed by atoms with van der Waals surface area (Å²) in [5, 5.41) is 4.46. The molecule has 1 saturated heterocycles. The third kappa shape index (κ3) is 4.32. The zero-order valence-electron chi connectivity index (χ0n) is 14.4. The van der Waals surface area contributed by atoms with E-state index in [1.807, 2.05) is 18.5 Å². The molecule has 1 aromatic carbocycles. The fraction of sp³-hybridized carbons (Fsp3) is 0.556. The summed E-state index contributed by atoms with van der Waals surface area (Å²) in [6.07, 6.45) is 2.39. The fourth-order valence-electron chi connectivity index (χ4n) is 3.33. The molecule has 0 bridgehead atoms. The Hall–Kier alpha value is -1.95. The molecular weight excluding hydrogens is 307 g/mol. The molecule has 0 spiro atoms. The van der Waals surface area contributed by atoms with Crippen LogP contribution in [-0.4, -0.2) is 45.9 Å². The number of halogens is 1. The van der Waals surface area contributed by atoms with Gasteiger partial charge in [0.1, 0.15) is 18.3 Å². The second kappa shape index (κ2) is 7.75. The van der Waals surface area contributed by atoms with Gasteiger partial charge in [-0.3, -0.25) is 4.90 Å².